The van der Waals surface area contributed by atoms with Crippen molar-refractivity contribution in [2.45, 2.75) is 25.7 Å². The molecule has 40 heavy (non-hydrogen) atoms. The maximum Gasteiger partial charge on any atom is 0.312 e. The van der Waals surface area contributed by atoms with Crippen LogP contribution in [0.2, 0.25) is 0 Å². The van der Waals surface area contributed by atoms with Crippen LogP contribution < -0.4 is 5.32 Å². The smallest absolute Gasteiger partial charge is 0.312 e. The van der Waals surface area contributed by atoms with E-state index in [1.807, 2.05) is 30.3 Å². The zero-order valence-electron chi connectivity index (χ0n) is 22.1. The van der Waals surface area contributed by atoms with E-state index in [-0.39, 0.29) is 29.9 Å². The van der Waals surface area contributed by atoms with E-state index in [1.165, 1.54) is 19.2 Å². The number of aromatic amines is 1. The maximum atomic E-state index is 13.6. The Balaban J connectivity index is 1.49. The number of methoxy groups -OCH3 is 1. The van der Waals surface area contributed by atoms with E-state index in [9.17, 15) is 18.8 Å². The second kappa shape index (κ2) is 9.79. The Bertz CT molecular complexity index is 1790. The summed E-state index contributed by atoms with van der Waals surface area (Å²) in [5.41, 5.74) is 3.52. The number of halogens is 1. The zero-order valence-corrected chi connectivity index (χ0v) is 22.1. The highest BCUT2D eigenvalue weighted by atomic mass is 19.1. The first-order chi connectivity index (χ1) is 19.3. The number of hydrogen-bond acceptors (Lipinski definition) is 5. The Hall–Kier alpha value is -4.72. The van der Waals surface area contributed by atoms with Crippen molar-refractivity contribution in [3.8, 4) is 22.5 Å². The summed E-state index contributed by atoms with van der Waals surface area (Å²) in [6, 6.07) is 16.8. The number of furan rings is 1. The van der Waals surface area contributed by atoms with Crippen LogP contribution in [0.3, 0.4) is 0 Å². The van der Waals surface area contributed by atoms with Crippen LogP contribution in [0.1, 0.15) is 46.4 Å². The van der Waals surface area contributed by atoms with Gasteiger partial charge in [-0.3, -0.25) is 14.4 Å². The van der Waals surface area contributed by atoms with E-state index in [0.29, 0.717) is 46.3 Å². The van der Waals surface area contributed by atoms with Crippen molar-refractivity contribution in [1.29, 1.82) is 0 Å². The van der Waals surface area contributed by atoms with Gasteiger partial charge >= 0.3 is 5.97 Å². The molecule has 8 heteroatoms. The Labute approximate surface area is 229 Å². The fourth-order valence-corrected chi connectivity index (χ4v) is 5.71. The summed E-state index contributed by atoms with van der Waals surface area (Å²) < 4.78 is 24.9. The second-order valence-corrected chi connectivity index (χ2v) is 10.3. The molecule has 0 saturated heterocycles. The summed E-state index contributed by atoms with van der Waals surface area (Å²) in [6.45, 7) is 0. The van der Waals surface area contributed by atoms with Gasteiger partial charge < -0.3 is 19.5 Å². The second-order valence-electron chi connectivity index (χ2n) is 10.3. The number of ketones is 1. The molecule has 0 spiro atoms. The van der Waals surface area contributed by atoms with Gasteiger partial charge in [0.25, 0.3) is 5.91 Å². The molecule has 1 fully saturated rings. The molecule has 0 unspecified atom stereocenters. The number of fused-ring (bicyclic) bond motifs is 3. The van der Waals surface area contributed by atoms with E-state index in [1.54, 1.807) is 31.4 Å². The van der Waals surface area contributed by atoms with Crippen molar-refractivity contribution >= 4 is 39.5 Å². The predicted molar refractivity (Wildman–Crippen MR) is 150 cm³/mol. The van der Waals surface area contributed by atoms with Crippen molar-refractivity contribution in [3.05, 3.63) is 83.8 Å². The van der Waals surface area contributed by atoms with Crippen LogP contribution >= 0.6 is 0 Å². The zero-order chi connectivity index (χ0) is 28.0. The fraction of sp³-hybridized carbons (Fsp3) is 0.219. The molecule has 2 aromatic heterocycles. The predicted octanol–water partition coefficient (Wildman–Crippen LogP) is 6.66. The number of hydrogen-bond donors (Lipinski definition) is 2. The van der Waals surface area contributed by atoms with Crippen molar-refractivity contribution in [2.75, 3.05) is 14.2 Å². The summed E-state index contributed by atoms with van der Waals surface area (Å²) in [7, 11) is 2.90. The van der Waals surface area contributed by atoms with Crippen molar-refractivity contribution in [3.63, 3.8) is 0 Å². The molecular formula is C32H27FN2O5. The standard InChI is InChI=1S/C32H27FN2O5/c1-34-30(37)26-24-16-23(19-5-3-6-20(15-19)25(36)17-32(12-4-13-32)31(38)39-2)27-22(11-14-35-27)29(24)40-28(26)18-7-9-21(33)10-8-18/h3,5-11,14-16,35H,4,12-13,17H2,1-2H3,(H,34,37). The van der Waals surface area contributed by atoms with Crippen LogP contribution in [0, 0.1) is 11.2 Å². The van der Waals surface area contributed by atoms with Gasteiger partial charge in [-0.1, -0.05) is 24.6 Å². The topological polar surface area (TPSA) is 101 Å². The lowest BCUT2D eigenvalue weighted by Gasteiger charge is -2.38. The Morgan fingerprint density at radius 3 is 2.48 bits per heavy atom. The minimum atomic E-state index is -0.747. The van der Waals surface area contributed by atoms with Crippen LogP contribution in [0.25, 0.3) is 44.3 Å². The molecule has 3 aromatic carbocycles. The third kappa shape index (κ3) is 4.07. The Kier molecular flexibility index (Phi) is 6.25. The van der Waals surface area contributed by atoms with Gasteiger partial charge in [-0.2, -0.15) is 0 Å². The van der Waals surface area contributed by atoms with Gasteiger partial charge in [0.2, 0.25) is 0 Å². The Morgan fingerprint density at radius 1 is 1.02 bits per heavy atom. The lowest BCUT2D eigenvalue weighted by Crippen LogP contribution is -2.40. The van der Waals surface area contributed by atoms with Crippen molar-refractivity contribution in [1.82, 2.24) is 10.3 Å². The summed E-state index contributed by atoms with van der Waals surface area (Å²) in [6.07, 6.45) is 4.07. The highest BCUT2D eigenvalue weighted by molar-refractivity contribution is 6.19. The highest BCUT2D eigenvalue weighted by Gasteiger charge is 2.46. The van der Waals surface area contributed by atoms with E-state index in [0.717, 1.165) is 28.5 Å². The first-order valence-electron chi connectivity index (χ1n) is 13.1. The molecule has 0 bridgehead atoms. The lowest BCUT2D eigenvalue weighted by molar-refractivity contribution is -0.158. The van der Waals surface area contributed by atoms with Gasteiger partial charge in [-0.15, -0.1) is 0 Å². The monoisotopic (exact) mass is 538 g/mol. The molecule has 6 rings (SSSR count). The first kappa shape index (κ1) is 25.6. The molecule has 2 N–H and O–H groups in total. The lowest BCUT2D eigenvalue weighted by atomic mass is 9.65. The first-order valence-corrected chi connectivity index (χ1v) is 13.1. The molecule has 1 aliphatic rings. The SMILES string of the molecule is CNC(=O)c1c(-c2ccc(F)cc2)oc2c1cc(-c1cccc(C(=O)CC3(C(=O)OC)CCC3)c1)c1[nH]ccc12. The molecule has 1 aliphatic carbocycles. The van der Waals surface area contributed by atoms with Gasteiger partial charge in [-0.05, 0) is 60.9 Å². The molecule has 202 valence electrons. The van der Waals surface area contributed by atoms with Crippen molar-refractivity contribution in [2.24, 2.45) is 5.41 Å². The summed E-state index contributed by atoms with van der Waals surface area (Å²) in [4.78, 5) is 42.1. The normalized spacial score (nSPS) is 14.2. The number of carbonyl (C=O) groups is 3. The van der Waals surface area contributed by atoms with Crippen LogP contribution in [0.5, 0.6) is 0 Å². The van der Waals surface area contributed by atoms with Gasteiger partial charge in [0, 0.05) is 47.1 Å². The Morgan fingerprint density at radius 2 is 1.80 bits per heavy atom. The van der Waals surface area contributed by atoms with Gasteiger partial charge in [0.1, 0.15) is 17.2 Å². The minimum absolute atomic E-state index is 0.101. The molecule has 1 amide bonds. The molecule has 0 radical (unpaired) electrons. The van der Waals surface area contributed by atoms with Crippen LogP contribution in [0.15, 0.2) is 71.3 Å². The van der Waals surface area contributed by atoms with E-state index < -0.39 is 5.41 Å². The van der Waals surface area contributed by atoms with E-state index in [4.69, 9.17) is 9.15 Å². The highest BCUT2D eigenvalue weighted by Crippen LogP contribution is 2.46. The number of H-pyrrole nitrogens is 1. The quantitative estimate of drug-likeness (QED) is 0.178. The third-order valence-corrected chi connectivity index (χ3v) is 7.98. The summed E-state index contributed by atoms with van der Waals surface area (Å²) >= 11 is 0. The van der Waals surface area contributed by atoms with Gasteiger partial charge in [0.05, 0.1) is 23.6 Å². The molecule has 5 aromatic rings. The number of rotatable bonds is 7. The largest absolute Gasteiger partial charge is 0.469 e. The number of carbonyl (C=O) groups excluding carboxylic acids is 3. The van der Waals surface area contributed by atoms with Crippen LogP contribution in [-0.4, -0.2) is 36.8 Å². The number of esters is 1. The van der Waals surface area contributed by atoms with E-state index in [2.05, 4.69) is 10.3 Å². The number of Topliss-reactive ketones (excluding diaryl/α,β-unsaturated/α-hetero) is 1. The molecule has 2 heterocycles. The fourth-order valence-electron chi connectivity index (χ4n) is 5.71. The average molecular weight is 539 g/mol. The molecule has 1 saturated carbocycles. The number of ether oxygens (including phenoxy) is 1. The van der Waals surface area contributed by atoms with Gasteiger partial charge in [0.15, 0.2) is 5.78 Å². The van der Waals surface area contributed by atoms with Crippen molar-refractivity contribution < 1.29 is 27.9 Å². The maximum absolute atomic E-state index is 13.6. The average Bonchev–Trinajstić information content (AvgIpc) is 3.59. The number of nitrogens with one attached hydrogen (secondary N) is 2. The van der Waals surface area contributed by atoms with Gasteiger partial charge in [-0.25, -0.2) is 4.39 Å². The number of benzene rings is 3. The van der Waals surface area contributed by atoms with Crippen LogP contribution in [-0.2, 0) is 9.53 Å². The molecular weight excluding hydrogens is 511 g/mol. The third-order valence-electron chi connectivity index (χ3n) is 7.98. The molecule has 0 atom stereocenters. The number of amides is 1. The summed E-state index contributed by atoms with van der Waals surface area (Å²) in [5.74, 6) is -0.840. The molecule has 7 nitrogen and oxygen atoms in total. The molecule has 0 aliphatic heterocycles. The minimum Gasteiger partial charge on any atom is -0.469 e. The summed E-state index contributed by atoms with van der Waals surface area (Å²) in [5, 5.41) is 4.05. The van der Waals surface area contributed by atoms with E-state index >= 15 is 0 Å². The van der Waals surface area contributed by atoms with Crippen LogP contribution in [0.4, 0.5) is 4.39 Å². The number of aromatic nitrogens is 1.